The summed E-state index contributed by atoms with van der Waals surface area (Å²) in [6.45, 7) is 1.07. The third-order valence-corrected chi connectivity index (χ3v) is 4.17. The molecular weight excluding hydrogens is 280 g/mol. The van der Waals surface area contributed by atoms with Crippen molar-refractivity contribution < 1.29 is 13.2 Å². The van der Waals surface area contributed by atoms with E-state index in [2.05, 4.69) is 9.71 Å². The van der Waals surface area contributed by atoms with Gasteiger partial charge in [-0.05, 0) is 25.7 Å². The van der Waals surface area contributed by atoms with Crippen LogP contribution in [0.1, 0.15) is 25.7 Å². The number of sulfonamides is 1. The molecular formula is C12H20N4O3S. The zero-order valence-corrected chi connectivity index (χ0v) is 12.3. The highest BCUT2D eigenvalue weighted by Gasteiger charge is 2.27. The maximum absolute atomic E-state index is 12.3. The molecule has 1 amide bonds. The lowest BCUT2D eigenvalue weighted by Gasteiger charge is -2.35. The first kappa shape index (κ1) is 15.0. The first-order valence-electron chi connectivity index (χ1n) is 6.71. The fraction of sp³-hybridized carbons (Fsp3) is 0.667. The van der Waals surface area contributed by atoms with Gasteiger partial charge in [-0.3, -0.25) is 4.57 Å². The van der Waals surface area contributed by atoms with E-state index in [1.165, 1.54) is 10.9 Å². The minimum Gasteiger partial charge on any atom is -0.321 e. The Hall–Kier alpha value is -1.41. The summed E-state index contributed by atoms with van der Waals surface area (Å²) < 4.78 is 26.1. The molecule has 1 fully saturated rings. The van der Waals surface area contributed by atoms with Gasteiger partial charge in [-0.15, -0.1) is 0 Å². The maximum Gasteiger partial charge on any atom is 0.329 e. The van der Waals surface area contributed by atoms with Crippen LogP contribution in [0.25, 0.3) is 0 Å². The number of rotatable bonds is 4. The van der Waals surface area contributed by atoms with Crippen LogP contribution in [0.5, 0.6) is 0 Å². The fourth-order valence-electron chi connectivity index (χ4n) is 2.48. The lowest BCUT2D eigenvalue weighted by Crippen LogP contribution is -2.46. The highest BCUT2D eigenvalue weighted by Crippen LogP contribution is 2.20. The molecule has 1 unspecified atom stereocenters. The van der Waals surface area contributed by atoms with Crippen LogP contribution < -0.4 is 4.72 Å². The van der Waals surface area contributed by atoms with E-state index in [-0.39, 0.29) is 12.1 Å². The number of imidazole rings is 1. The van der Waals surface area contributed by atoms with Crippen molar-refractivity contribution in [3.05, 3.63) is 18.7 Å². The van der Waals surface area contributed by atoms with Gasteiger partial charge >= 0.3 is 6.03 Å². The van der Waals surface area contributed by atoms with Gasteiger partial charge in [0.15, 0.2) is 0 Å². The third-order valence-electron chi connectivity index (χ3n) is 3.44. The molecule has 112 valence electrons. The van der Waals surface area contributed by atoms with Gasteiger partial charge < -0.3 is 4.90 Å². The van der Waals surface area contributed by atoms with Crippen LogP contribution in [-0.4, -0.2) is 54.3 Å². The predicted octanol–water partition coefficient (Wildman–Crippen LogP) is 0.645. The van der Waals surface area contributed by atoms with Crippen LogP contribution in [0.4, 0.5) is 4.79 Å². The summed E-state index contributed by atoms with van der Waals surface area (Å²) in [5, 5.41) is 0. The molecule has 1 N–H and O–H groups in total. The molecule has 1 atom stereocenters. The molecule has 2 rings (SSSR count). The SMILES string of the molecule is CS(=O)(=O)NCCC1CCCCN1C(=O)n1ccnc1. The minimum absolute atomic E-state index is 0.0768. The number of piperidine rings is 1. The van der Waals surface area contributed by atoms with Crippen molar-refractivity contribution in [3.8, 4) is 0 Å². The quantitative estimate of drug-likeness (QED) is 0.884. The van der Waals surface area contributed by atoms with Crippen LogP contribution in [0.2, 0.25) is 0 Å². The monoisotopic (exact) mass is 300 g/mol. The van der Waals surface area contributed by atoms with Crippen molar-refractivity contribution >= 4 is 16.1 Å². The first-order valence-corrected chi connectivity index (χ1v) is 8.60. The Morgan fingerprint density at radius 3 is 2.90 bits per heavy atom. The molecule has 0 saturated carbocycles. The smallest absolute Gasteiger partial charge is 0.321 e. The van der Waals surface area contributed by atoms with Crippen LogP contribution in [-0.2, 0) is 10.0 Å². The van der Waals surface area contributed by atoms with E-state index in [0.717, 1.165) is 25.5 Å². The highest BCUT2D eigenvalue weighted by atomic mass is 32.2. The molecule has 2 heterocycles. The zero-order chi connectivity index (χ0) is 14.6. The van der Waals surface area contributed by atoms with E-state index in [1.807, 2.05) is 4.90 Å². The first-order chi connectivity index (χ1) is 9.47. The minimum atomic E-state index is -3.17. The molecule has 1 aliphatic heterocycles. The van der Waals surface area contributed by atoms with Crippen molar-refractivity contribution in [1.29, 1.82) is 0 Å². The molecule has 0 radical (unpaired) electrons. The Kier molecular flexibility index (Phi) is 4.77. The summed E-state index contributed by atoms with van der Waals surface area (Å²) in [5.74, 6) is 0. The maximum atomic E-state index is 12.3. The van der Waals surface area contributed by atoms with E-state index >= 15 is 0 Å². The number of amides is 1. The molecule has 20 heavy (non-hydrogen) atoms. The van der Waals surface area contributed by atoms with Gasteiger partial charge in [0.25, 0.3) is 0 Å². The number of nitrogens with one attached hydrogen (secondary N) is 1. The number of hydrogen-bond donors (Lipinski definition) is 1. The molecule has 8 heteroatoms. The van der Waals surface area contributed by atoms with Gasteiger partial charge in [-0.1, -0.05) is 0 Å². The van der Waals surface area contributed by atoms with E-state index in [1.54, 1.807) is 12.4 Å². The van der Waals surface area contributed by atoms with Crippen LogP contribution in [0, 0.1) is 0 Å². The molecule has 0 spiro atoms. The average Bonchev–Trinajstić information content (AvgIpc) is 2.91. The second-order valence-corrected chi connectivity index (χ2v) is 6.88. The highest BCUT2D eigenvalue weighted by molar-refractivity contribution is 7.88. The van der Waals surface area contributed by atoms with Gasteiger partial charge in [0.05, 0.1) is 6.26 Å². The zero-order valence-electron chi connectivity index (χ0n) is 11.5. The summed E-state index contributed by atoms with van der Waals surface area (Å²) in [6.07, 6.45) is 9.42. The van der Waals surface area contributed by atoms with E-state index in [9.17, 15) is 13.2 Å². The number of carbonyl (C=O) groups is 1. The van der Waals surface area contributed by atoms with E-state index in [0.29, 0.717) is 19.5 Å². The Balaban J connectivity index is 1.96. The lowest BCUT2D eigenvalue weighted by molar-refractivity contribution is 0.148. The Morgan fingerprint density at radius 2 is 2.25 bits per heavy atom. The predicted molar refractivity (Wildman–Crippen MR) is 74.8 cm³/mol. The summed E-state index contributed by atoms with van der Waals surface area (Å²) in [5.41, 5.74) is 0. The Morgan fingerprint density at radius 1 is 1.45 bits per heavy atom. The molecule has 0 aliphatic carbocycles. The molecule has 7 nitrogen and oxygen atoms in total. The number of likely N-dealkylation sites (tertiary alicyclic amines) is 1. The van der Waals surface area contributed by atoms with E-state index < -0.39 is 10.0 Å². The third kappa shape index (κ3) is 4.04. The second-order valence-electron chi connectivity index (χ2n) is 5.05. The van der Waals surface area contributed by atoms with Gasteiger partial charge in [0.2, 0.25) is 10.0 Å². The number of nitrogens with zero attached hydrogens (tertiary/aromatic N) is 3. The van der Waals surface area contributed by atoms with Gasteiger partial charge in [-0.25, -0.2) is 22.9 Å². The van der Waals surface area contributed by atoms with Gasteiger partial charge in [0, 0.05) is 31.5 Å². The average molecular weight is 300 g/mol. The number of aromatic nitrogens is 2. The van der Waals surface area contributed by atoms with Crippen LogP contribution >= 0.6 is 0 Å². The summed E-state index contributed by atoms with van der Waals surface area (Å²) in [4.78, 5) is 18.0. The van der Waals surface area contributed by atoms with E-state index in [4.69, 9.17) is 0 Å². The molecule has 0 bridgehead atoms. The van der Waals surface area contributed by atoms with Gasteiger partial charge in [0.1, 0.15) is 6.33 Å². The van der Waals surface area contributed by atoms with Crippen molar-refractivity contribution in [2.45, 2.75) is 31.7 Å². The molecule has 0 aromatic carbocycles. The lowest BCUT2D eigenvalue weighted by atomic mass is 10.00. The number of carbonyl (C=O) groups excluding carboxylic acids is 1. The van der Waals surface area contributed by atoms with Crippen molar-refractivity contribution in [3.63, 3.8) is 0 Å². The molecule has 1 aromatic heterocycles. The normalized spacial score (nSPS) is 20.1. The Labute approximate surface area is 119 Å². The summed E-state index contributed by atoms with van der Waals surface area (Å²) in [6, 6.07) is -0.0144. The van der Waals surface area contributed by atoms with Crippen LogP contribution in [0.15, 0.2) is 18.7 Å². The molecule has 1 aliphatic rings. The largest absolute Gasteiger partial charge is 0.329 e. The van der Waals surface area contributed by atoms with Crippen LogP contribution in [0.3, 0.4) is 0 Å². The second kappa shape index (κ2) is 6.36. The fourth-order valence-corrected chi connectivity index (χ4v) is 2.97. The summed E-state index contributed by atoms with van der Waals surface area (Å²) >= 11 is 0. The van der Waals surface area contributed by atoms with Crippen molar-refractivity contribution in [2.24, 2.45) is 0 Å². The summed E-state index contributed by atoms with van der Waals surface area (Å²) in [7, 11) is -3.17. The van der Waals surface area contributed by atoms with Crippen molar-refractivity contribution in [1.82, 2.24) is 19.2 Å². The molecule has 1 saturated heterocycles. The molecule has 1 aromatic rings. The van der Waals surface area contributed by atoms with Crippen molar-refractivity contribution in [2.75, 3.05) is 19.3 Å². The number of hydrogen-bond acceptors (Lipinski definition) is 4. The van der Waals surface area contributed by atoms with Gasteiger partial charge in [-0.2, -0.15) is 0 Å². The topological polar surface area (TPSA) is 84.3 Å². The Bertz CT molecular complexity index is 541. The standard InChI is InChI=1S/C12H20N4O3S/c1-20(18,19)14-6-5-11-4-2-3-8-16(11)12(17)15-9-7-13-10-15/h7,9-11,14H,2-6,8H2,1H3.